The van der Waals surface area contributed by atoms with E-state index in [9.17, 15) is 4.79 Å². The van der Waals surface area contributed by atoms with Crippen LogP contribution in [0.2, 0.25) is 0 Å². The third kappa shape index (κ3) is 4.52. The van der Waals surface area contributed by atoms with Crippen LogP contribution in [0, 0.1) is 5.92 Å². The van der Waals surface area contributed by atoms with Crippen molar-refractivity contribution in [2.24, 2.45) is 5.92 Å². The second-order valence-corrected chi connectivity index (χ2v) is 5.27. The van der Waals surface area contributed by atoms with Gasteiger partial charge in [0.1, 0.15) is 0 Å². The van der Waals surface area contributed by atoms with Crippen LogP contribution in [0.15, 0.2) is 0 Å². The monoisotopic (exact) mass is 226 g/mol. The van der Waals surface area contributed by atoms with Crippen LogP contribution in [-0.4, -0.2) is 36.5 Å². The first kappa shape index (κ1) is 13.5. The largest absolute Gasteiger partial charge is 0.354 e. The molecule has 1 amide bonds. The van der Waals surface area contributed by atoms with E-state index < -0.39 is 0 Å². The molecule has 0 aromatic heterocycles. The number of nitrogens with zero attached hydrogens (tertiary/aromatic N) is 1. The first-order valence-electron chi connectivity index (χ1n) is 6.63. The Bertz CT molecular complexity index is 208. The Morgan fingerprint density at radius 3 is 2.19 bits per heavy atom. The molecule has 1 unspecified atom stereocenters. The molecule has 1 fully saturated rings. The average molecular weight is 226 g/mol. The van der Waals surface area contributed by atoms with Crippen LogP contribution >= 0.6 is 0 Å². The number of amides is 1. The quantitative estimate of drug-likeness (QED) is 0.795. The van der Waals surface area contributed by atoms with Crippen molar-refractivity contribution in [3.8, 4) is 0 Å². The van der Waals surface area contributed by atoms with E-state index in [1.807, 2.05) is 6.92 Å². The van der Waals surface area contributed by atoms with Crippen molar-refractivity contribution in [2.45, 2.75) is 52.5 Å². The minimum absolute atomic E-state index is 0.0387. The van der Waals surface area contributed by atoms with E-state index in [0.29, 0.717) is 5.92 Å². The van der Waals surface area contributed by atoms with Gasteiger partial charge in [0.2, 0.25) is 5.91 Å². The minimum atomic E-state index is 0.0387. The van der Waals surface area contributed by atoms with Crippen molar-refractivity contribution < 1.29 is 4.79 Å². The van der Waals surface area contributed by atoms with E-state index in [1.165, 1.54) is 25.7 Å². The van der Waals surface area contributed by atoms with Gasteiger partial charge in [0, 0.05) is 6.54 Å². The van der Waals surface area contributed by atoms with E-state index in [2.05, 4.69) is 24.1 Å². The van der Waals surface area contributed by atoms with Gasteiger partial charge in [-0.2, -0.15) is 0 Å². The standard InChI is InChI=1S/C13H26N2O/c1-11(2)10-14-13(16)12(3)15-8-6-4-5-7-9-15/h11-12H,4-10H2,1-3H3,(H,14,16). The third-order valence-corrected chi connectivity index (χ3v) is 3.25. The van der Waals surface area contributed by atoms with Crippen LogP contribution in [0.3, 0.4) is 0 Å². The molecule has 1 saturated heterocycles. The molecule has 0 radical (unpaired) electrons. The number of rotatable bonds is 4. The molecule has 16 heavy (non-hydrogen) atoms. The fraction of sp³-hybridized carbons (Fsp3) is 0.923. The summed E-state index contributed by atoms with van der Waals surface area (Å²) < 4.78 is 0. The molecule has 0 saturated carbocycles. The maximum Gasteiger partial charge on any atom is 0.237 e. The van der Waals surface area contributed by atoms with Gasteiger partial charge in [-0.05, 0) is 38.8 Å². The zero-order valence-electron chi connectivity index (χ0n) is 11.0. The van der Waals surface area contributed by atoms with Crippen LogP contribution in [0.5, 0.6) is 0 Å². The van der Waals surface area contributed by atoms with E-state index >= 15 is 0 Å². The summed E-state index contributed by atoms with van der Waals surface area (Å²) in [5, 5.41) is 3.02. The second kappa shape index (κ2) is 6.89. The Morgan fingerprint density at radius 1 is 1.12 bits per heavy atom. The summed E-state index contributed by atoms with van der Waals surface area (Å²) in [6, 6.07) is 0.0387. The number of hydrogen-bond acceptors (Lipinski definition) is 2. The van der Waals surface area contributed by atoms with Crippen molar-refractivity contribution in [3.63, 3.8) is 0 Å². The third-order valence-electron chi connectivity index (χ3n) is 3.25. The fourth-order valence-corrected chi connectivity index (χ4v) is 2.10. The Morgan fingerprint density at radius 2 is 1.69 bits per heavy atom. The molecular weight excluding hydrogens is 200 g/mol. The summed E-state index contributed by atoms with van der Waals surface area (Å²) >= 11 is 0. The van der Waals surface area contributed by atoms with Crippen LogP contribution < -0.4 is 5.32 Å². The van der Waals surface area contributed by atoms with Crippen molar-refractivity contribution in [1.29, 1.82) is 0 Å². The van der Waals surface area contributed by atoms with Gasteiger partial charge in [-0.1, -0.05) is 26.7 Å². The lowest BCUT2D eigenvalue weighted by Gasteiger charge is -2.26. The molecule has 3 nitrogen and oxygen atoms in total. The smallest absolute Gasteiger partial charge is 0.237 e. The minimum Gasteiger partial charge on any atom is -0.354 e. The molecule has 1 aliphatic rings. The number of hydrogen-bond donors (Lipinski definition) is 1. The van der Waals surface area contributed by atoms with Crippen molar-refractivity contribution in [3.05, 3.63) is 0 Å². The molecule has 1 aliphatic heterocycles. The molecule has 3 heteroatoms. The highest BCUT2D eigenvalue weighted by atomic mass is 16.2. The molecule has 0 aromatic carbocycles. The number of carbonyl (C=O) groups is 1. The average Bonchev–Trinajstić information content (AvgIpc) is 2.53. The molecule has 0 aliphatic carbocycles. The highest BCUT2D eigenvalue weighted by Gasteiger charge is 2.21. The van der Waals surface area contributed by atoms with Gasteiger partial charge < -0.3 is 5.32 Å². The highest BCUT2D eigenvalue weighted by Crippen LogP contribution is 2.12. The summed E-state index contributed by atoms with van der Waals surface area (Å²) in [7, 11) is 0. The Hall–Kier alpha value is -0.570. The summed E-state index contributed by atoms with van der Waals surface area (Å²) in [6.07, 6.45) is 5.11. The molecule has 0 aromatic rings. The fourth-order valence-electron chi connectivity index (χ4n) is 2.10. The maximum absolute atomic E-state index is 11.9. The first-order valence-corrected chi connectivity index (χ1v) is 6.63. The summed E-state index contributed by atoms with van der Waals surface area (Å²) in [5.74, 6) is 0.718. The van der Waals surface area contributed by atoms with Crippen LogP contribution in [0.4, 0.5) is 0 Å². The van der Waals surface area contributed by atoms with Gasteiger partial charge in [0.25, 0.3) is 0 Å². The lowest BCUT2D eigenvalue weighted by molar-refractivity contribution is -0.126. The van der Waals surface area contributed by atoms with Gasteiger partial charge in [-0.3, -0.25) is 9.69 Å². The second-order valence-electron chi connectivity index (χ2n) is 5.27. The highest BCUT2D eigenvalue weighted by molar-refractivity contribution is 5.81. The first-order chi connectivity index (χ1) is 7.61. The SMILES string of the molecule is CC(C)CNC(=O)C(C)N1CCCCCC1. The zero-order valence-corrected chi connectivity index (χ0v) is 11.0. The molecule has 1 atom stereocenters. The van der Waals surface area contributed by atoms with E-state index in [0.717, 1.165) is 19.6 Å². The van der Waals surface area contributed by atoms with Crippen LogP contribution in [0.1, 0.15) is 46.5 Å². The number of carbonyl (C=O) groups excluding carboxylic acids is 1. The van der Waals surface area contributed by atoms with Gasteiger partial charge in [0.15, 0.2) is 0 Å². The molecule has 1 heterocycles. The van der Waals surface area contributed by atoms with Crippen molar-refractivity contribution >= 4 is 5.91 Å². The number of nitrogens with one attached hydrogen (secondary N) is 1. The van der Waals surface area contributed by atoms with Crippen molar-refractivity contribution in [2.75, 3.05) is 19.6 Å². The molecule has 0 spiro atoms. The summed E-state index contributed by atoms with van der Waals surface area (Å²) in [6.45, 7) is 9.22. The van der Waals surface area contributed by atoms with E-state index in [4.69, 9.17) is 0 Å². The zero-order chi connectivity index (χ0) is 12.0. The molecular formula is C13H26N2O. The summed E-state index contributed by atoms with van der Waals surface area (Å²) in [5.41, 5.74) is 0. The van der Waals surface area contributed by atoms with Gasteiger partial charge >= 0.3 is 0 Å². The predicted molar refractivity (Wildman–Crippen MR) is 67.4 cm³/mol. The van der Waals surface area contributed by atoms with E-state index in [1.54, 1.807) is 0 Å². The predicted octanol–water partition coefficient (Wildman–Crippen LogP) is 2.02. The van der Waals surface area contributed by atoms with Gasteiger partial charge in [-0.25, -0.2) is 0 Å². The molecule has 94 valence electrons. The summed E-state index contributed by atoms with van der Waals surface area (Å²) in [4.78, 5) is 14.2. The number of likely N-dealkylation sites (tertiary alicyclic amines) is 1. The normalized spacial score (nSPS) is 20.5. The van der Waals surface area contributed by atoms with Gasteiger partial charge in [0.05, 0.1) is 6.04 Å². The molecule has 0 bridgehead atoms. The Balaban J connectivity index is 2.35. The van der Waals surface area contributed by atoms with Crippen LogP contribution in [0.25, 0.3) is 0 Å². The van der Waals surface area contributed by atoms with Crippen molar-refractivity contribution in [1.82, 2.24) is 10.2 Å². The maximum atomic E-state index is 11.9. The molecule has 1 N–H and O–H groups in total. The van der Waals surface area contributed by atoms with Gasteiger partial charge in [-0.15, -0.1) is 0 Å². The lowest BCUT2D eigenvalue weighted by Crippen LogP contribution is -2.46. The Labute approximate surface area is 99.6 Å². The Kier molecular flexibility index (Phi) is 5.81. The molecule has 1 rings (SSSR count). The lowest BCUT2D eigenvalue weighted by atomic mass is 10.2. The van der Waals surface area contributed by atoms with Crippen LogP contribution in [-0.2, 0) is 4.79 Å². The van der Waals surface area contributed by atoms with E-state index in [-0.39, 0.29) is 11.9 Å². The topological polar surface area (TPSA) is 32.3 Å².